The smallest absolute Gasteiger partial charge is 0.271 e. The molecule has 1 aromatic heterocycles. The molecule has 0 saturated heterocycles. The summed E-state index contributed by atoms with van der Waals surface area (Å²) < 4.78 is 1.70. The summed E-state index contributed by atoms with van der Waals surface area (Å²) >= 11 is 6.01. The first-order valence-electron chi connectivity index (χ1n) is 8.04. The van der Waals surface area contributed by atoms with Crippen LogP contribution >= 0.6 is 11.6 Å². The quantitative estimate of drug-likeness (QED) is 0.753. The number of amides is 1. The zero-order chi connectivity index (χ0) is 17.7. The Morgan fingerprint density at radius 2 is 2.12 bits per heavy atom. The van der Waals surface area contributed by atoms with Crippen LogP contribution in [0.15, 0.2) is 30.3 Å². The van der Waals surface area contributed by atoms with E-state index in [1.54, 1.807) is 22.9 Å². The van der Waals surface area contributed by atoms with Crippen molar-refractivity contribution in [3.8, 4) is 5.69 Å². The molecule has 0 saturated carbocycles. The van der Waals surface area contributed by atoms with Gasteiger partial charge in [0.15, 0.2) is 5.69 Å². The molecule has 24 heavy (non-hydrogen) atoms. The van der Waals surface area contributed by atoms with Crippen LogP contribution in [-0.2, 0) is 0 Å². The highest BCUT2D eigenvalue weighted by Crippen LogP contribution is 2.20. The first-order chi connectivity index (χ1) is 11.3. The van der Waals surface area contributed by atoms with Crippen LogP contribution in [0.25, 0.3) is 5.69 Å². The van der Waals surface area contributed by atoms with Gasteiger partial charge in [-0.05, 0) is 49.4 Å². The van der Waals surface area contributed by atoms with Gasteiger partial charge < -0.3 is 10.4 Å². The van der Waals surface area contributed by atoms with Crippen LogP contribution in [0.1, 0.15) is 42.9 Å². The van der Waals surface area contributed by atoms with Crippen LogP contribution in [0, 0.1) is 12.3 Å². The monoisotopic (exact) mass is 349 g/mol. The molecule has 0 atom stereocenters. The molecule has 1 aromatic carbocycles. The van der Waals surface area contributed by atoms with Gasteiger partial charge in [0, 0.05) is 23.9 Å². The Balaban J connectivity index is 1.98. The van der Waals surface area contributed by atoms with Crippen LogP contribution in [0.4, 0.5) is 0 Å². The molecular weight excluding hydrogens is 326 g/mol. The van der Waals surface area contributed by atoms with Crippen molar-refractivity contribution in [3.63, 3.8) is 0 Å². The SMILES string of the molecule is Cc1cc(C(=O)NCCCC(C)(C)CO)nn1-c1cccc(Cl)c1. The Hall–Kier alpha value is -1.85. The molecule has 2 rings (SSSR count). The molecule has 0 aliphatic rings. The van der Waals surface area contributed by atoms with E-state index in [1.807, 2.05) is 32.9 Å². The summed E-state index contributed by atoms with van der Waals surface area (Å²) in [5, 5.41) is 17.1. The van der Waals surface area contributed by atoms with Gasteiger partial charge in [0.2, 0.25) is 0 Å². The Labute approximate surface area is 147 Å². The van der Waals surface area contributed by atoms with E-state index in [0.717, 1.165) is 24.2 Å². The maximum Gasteiger partial charge on any atom is 0.271 e. The highest BCUT2D eigenvalue weighted by molar-refractivity contribution is 6.30. The average molecular weight is 350 g/mol. The second-order valence-corrected chi connectivity index (χ2v) is 7.18. The third kappa shape index (κ3) is 4.82. The number of nitrogens with one attached hydrogen (secondary N) is 1. The number of aliphatic hydroxyl groups excluding tert-OH is 1. The lowest BCUT2D eigenvalue weighted by Gasteiger charge is -2.21. The van der Waals surface area contributed by atoms with Crippen molar-refractivity contribution in [2.24, 2.45) is 5.41 Å². The standard InChI is InChI=1S/C18H24ClN3O2/c1-13-10-16(17(24)20-9-5-8-18(2,3)12-23)21-22(13)15-7-4-6-14(19)11-15/h4,6-7,10-11,23H,5,8-9,12H2,1-3H3,(H,20,24). The van der Waals surface area contributed by atoms with E-state index in [4.69, 9.17) is 11.6 Å². The molecule has 2 N–H and O–H groups in total. The zero-order valence-electron chi connectivity index (χ0n) is 14.3. The Bertz CT molecular complexity index is 710. The lowest BCUT2D eigenvalue weighted by molar-refractivity contribution is 0.0943. The summed E-state index contributed by atoms with van der Waals surface area (Å²) in [6.07, 6.45) is 1.66. The fourth-order valence-electron chi connectivity index (χ4n) is 2.39. The molecule has 0 fully saturated rings. The number of carbonyl (C=O) groups is 1. The van der Waals surface area contributed by atoms with Crippen LogP contribution in [0.5, 0.6) is 0 Å². The van der Waals surface area contributed by atoms with Gasteiger partial charge in [0.1, 0.15) is 0 Å². The summed E-state index contributed by atoms with van der Waals surface area (Å²) in [7, 11) is 0. The molecule has 0 aliphatic carbocycles. The van der Waals surface area contributed by atoms with Crippen LogP contribution < -0.4 is 5.32 Å². The van der Waals surface area contributed by atoms with Crippen molar-refractivity contribution in [1.29, 1.82) is 0 Å². The number of benzene rings is 1. The Kier molecular flexibility index (Phi) is 6.02. The van der Waals surface area contributed by atoms with Crippen molar-refractivity contribution in [2.75, 3.05) is 13.2 Å². The minimum atomic E-state index is -0.194. The number of aliphatic hydroxyl groups is 1. The second kappa shape index (κ2) is 7.81. The van der Waals surface area contributed by atoms with Gasteiger partial charge in [0.05, 0.1) is 5.69 Å². The number of rotatable bonds is 7. The predicted molar refractivity (Wildman–Crippen MR) is 95.7 cm³/mol. The average Bonchev–Trinajstić information content (AvgIpc) is 2.93. The summed E-state index contributed by atoms with van der Waals surface area (Å²) in [6, 6.07) is 9.10. The highest BCUT2D eigenvalue weighted by Gasteiger charge is 2.17. The third-order valence-electron chi connectivity index (χ3n) is 3.92. The lowest BCUT2D eigenvalue weighted by atomic mass is 9.89. The summed E-state index contributed by atoms with van der Waals surface area (Å²) in [6.45, 7) is 6.61. The van der Waals surface area contributed by atoms with Gasteiger partial charge in [-0.15, -0.1) is 0 Å². The van der Waals surface area contributed by atoms with Crippen LogP contribution in [0.2, 0.25) is 5.02 Å². The molecule has 1 amide bonds. The molecule has 5 nitrogen and oxygen atoms in total. The fraction of sp³-hybridized carbons (Fsp3) is 0.444. The van der Waals surface area contributed by atoms with Crippen molar-refractivity contribution >= 4 is 17.5 Å². The molecule has 0 spiro atoms. The van der Waals surface area contributed by atoms with Gasteiger partial charge in [-0.25, -0.2) is 4.68 Å². The molecule has 0 bridgehead atoms. The molecule has 2 aromatic rings. The summed E-state index contributed by atoms with van der Waals surface area (Å²) in [5.41, 5.74) is 1.96. The third-order valence-corrected chi connectivity index (χ3v) is 4.15. The van der Waals surface area contributed by atoms with E-state index in [2.05, 4.69) is 10.4 Å². The number of aryl methyl sites for hydroxylation is 1. The van der Waals surface area contributed by atoms with E-state index in [0.29, 0.717) is 17.3 Å². The number of carbonyl (C=O) groups excluding carboxylic acids is 1. The van der Waals surface area contributed by atoms with Crippen molar-refractivity contribution < 1.29 is 9.90 Å². The lowest BCUT2D eigenvalue weighted by Crippen LogP contribution is -2.26. The van der Waals surface area contributed by atoms with E-state index >= 15 is 0 Å². The number of hydrogen-bond acceptors (Lipinski definition) is 3. The topological polar surface area (TPSA) is 67.2 Å². The first kappa shape index (κ1) is 18.5. The largest absolute Gasteiger partial charge is 0.396 e. The van der Waals surface area contributed by atoms with Crippen molar-refractivity contribution in [1.82, 2.24) is 15.1 Å². The Morgan fingerprint density at radius 3 is 2.79 bits per heavy atom. The number of aromatic nitrogens is 2. The minimum Gasteiger partial charge on any atom is -0.396 e. The van der Waals surface area contributed by atoms with Crippen molar-refractivity contribution in [2.45, 2.75) is 33.6 Å². The number of halogens is 1. The first-order valence-corrected chi connectivity index (χ1v) is 8.42. The van der Waals surface area contributed by atoms with Gasteiger partial charge in [-0.1, -0.05) is 31.5 Å². The highest BCUT2D eigenvalue weighted by atomic mass is 35.5. The molecule has 0 radical (unpaired) electrons. The van der Waals surface area contributed by atoms with Gasteiger partial charge in [-0.2, -0.15) is 5.10 Å². The predicted octanol–water partition coefficient (Wildman–Crippen LogP) is 3.36. The fourth-order valence-corrected chi connectivity index (χ4v) is 2.58. The molecule has 130 valence electrons. The molecule has 0 aliphatic heterocycles. The summed E-state index contributed by atoms with van der Waals surface area (Å²) in [4.78, 5) is 12.2. The van der Waals surface area contributed by atoms with Gasteiger partial charge >= 0.3 is 0 Å². The van der Waals surface area contributed by atoms with Crippen LogP contribution in [0.3, 0.4) is 0 Å². The zero-order valence-corrected chi connectivity index (χ0v) is 15.1. The van der Waals surface area contributed by atoms with E-state index in [9.17, 15) is 9.90 Å². The molecule has 1 heterocycles. The Morgan fingerprint density at radius 1 is 1.38 bits per heavy atom. The van der Waals surface area contributed by atoms with Gasteiger partial charge in [0.25, 0.3) is 5.91 Å². The van der Waals surface area contributed by atoms with E-state index in [1.165, 1.54) is 0 Å². The molecule has 6 heteroatoms. The minimum absolute atomic E-state index is 0.116. The van der Waals surface area contributed by atoms with Crippen molar-refractivity contribution in [3.05, 3.63) is 46.7 Å². The van der Waals surface area contributed by atoms with Gasteiger partial charge in [-0.3, -0.25) is 4.79 Å². The van der Waals surface area contributed by atoms with Crippen LogP contribution in [-0.4, -0.2) is 33.9 Å². The maximum absolute atomic E-state index is 12.2. The normalized spacial score (nSPS) is 11.5. The van der Waals surface area contributed by atoms with E-state index in [-0.39, 0.29) is 17.9 Å². The second-order valence-electron chi connectivity index (χ2n) is 6.74. The van der Waals surface area contributed by atoms with E-state index < -0.39 is 0 Å². The number of hydrogen-bond donors (Lipinski definition) is 2. The molecular formula is C18H24ClN3O2. The number of nitrogens with zero attached hydrogens (tertiary/aromatic N) is 2. The summed E-state index contributed by atoms with van der Waals surface area (Å²) in [5.74, 6) is -0.194. The molecule has 0 unspecified atom stereocenters. The maximum atomic E-state index is 12.2.